The van der Waals surface area contributed by atoms with E-state index in [0.717, 1.165) is 14.7 Å². The molecule has 0 saturated carbocycles. The maximum Gasteiger partial charge on any atom is 0.307 e. The Hall–Kier alpha value is -1.37. The number of carboxylic acid groups (broad SMARTS) is 1. The number of carboxylic acids is 1. The van der Waals surface area contributed by atoms with Gasteiger partial charge in [-0.2, -0.15) is 0 Å². The molecule has 0 radical (unpaired) electrons. The Labute approximate surface area is 137 Å². The molecule has 1 aliphatic carbocycles. The highest BCUT2D eigenvalue weighted by molar-refractivity contribution is 14.1. The van der Waals surface area contributed by atoms with Crippen molar-refractivity contribution in [1.82, 2.24) is 0 Å². The molecule has 4 nitrogen and oxygen atoms in total. The van der Waals surface area contributed by atoms with Gasteiger partial charge in [-0.05, 0) is 73.5 Å². The summed E-state index contributed by atoms with van der Waals surface area (Å²) < 4.78 is 1.08. The minimum atomic E-state index is -0.899. The number of rotatable bonds is 3. The maximum absolute atomic E-state index is 12.4. The molecule has 0 spiro atoms. The molecular formula is C16H18INO3. The summed E-state index contributed by atoms with van der Waals surface area (Å²) in [6.07, 6.45) is 0.963. The van der Waals surface area contributed by atoms with Gasteiger partial charge < -0.3 is 10.4 Å². The third-order valence-corrected chi connectivity index (χ3v) is 4.75. The molecule has 0 aromatic heterocycles. The van der Waals surface area contributed by atoms with Crippen LogP contribution in [-0.4, -0.2) is 17.0 Å². The Kier molecular flexibility index (Phi) is 5.03. The lowest BCUT2D eigenvalue weighted by molar-refractivity contribution is -0.146. The molecule has 21 heavy (non-hydrogen) atoms. The van der Waals surface area contributed by atoms with Gasteiger partial charge in [0.15, 0.2) is 0 Å². The summed E-state index contributed by atoms with van der Waals surface area (Å²) in [7, 11) is 0. The SMILES string of the molecule is CC1=C(C)C[C@@H](C(=O)O)[C@@H](C(=O)Nc2ccc(I)cc2)C1. The van der Waals surface area contributed by atoms with Crippen LogP contribution in [0.1, 0.15) is 26.7 Å². The number of hydrogen-bond donors (Lipinski definition) is 2. The number of amides is 1. The first-order valence-electron chi connectivity index (χ1n) is 6.83. The van der Waals surface area contributed by atoms with Crippen LogP contribution in [0, 0.1) is 15.4 Å². The predicted octanol–water partition coefficient (Wildman–Crippen LogP) is 3.68. The second-order valence-corrected chi connectivity index (χ2v) is 6.76. The van der Waals surface area contributed by atoms with Crippen LogP contribution in [0.15, 0.2) is 35.4 Å². The van der Waals surface area contributed by atoms with Gasteiger partial charge in [0.25, 0.3) is 0 Å². The smallest absolute Gasteiger partial charge is 0.307 e. The van der Waals surface area contributed by atoms with Crippen molar-refractivity contribution in [3.63, 3.8) is 0 Å². The number of nitrogens with one attached hydrogen (secondary N) is 1. The minimum Gasteiger partial charge on any atom is -0.481 e. The lowest BCUT2D eigenvalue weighted by Gasteiger charge is -2.29. The molecule has 0 unspecified atom stereocenters. The van der Waals surface area contributed by atoms with E-state index in [1.165, 1.54) is 0 Å². The molecule has 1 aromatic carbocycles. The Morgan fingerprint density at radius 3 is 2.14 bits per heavy atom. The summed E-state index contributed by atoms with van der Waals surface area (Å²) in [5, 5.41) is 12.2. The van der Waals surface area contributed by atoms with Crippen molar-refractivity contribution >= 4 is 40.2 Å². The zero-order valence-corrected chi connectivity index (χ0v) is 14.2. The van der Waals surface area contributed by atoms with Crippen LogP contribution in [0.4, 0.5) is 5.69 Å². The van der Waals surface area contributed by atoms with Crippen molar-refractivity contribution in [1.29, 1.82) is 0 Å². The molecule has 2 rings (SSSR count). The van der Waals surface area contributed by atoms with Crippen LogP contribution in [-0.2, 0) is 9.59 Å². The monoisotopic (exact) mass is 399 g/mol. The fraction of sp³-hybridized carbons (Fsp3) is 0.375. The third-order valence-electron chi connectivity index (χ3n) is 4.03. The van der Waals surface area contributed by atoms with Crippen LogP contribution in [0.2, 0.25) is 0 Å². The van der Waals surface area contributed by atoms with Crippen LogP contribution < -0.4 is 5.32 Å². The van der Waals surface area contributed by atoms with E-state index in [0.29, 0.717) is 18.5 Å². The molecule has 1 aromatic rings. The Bertz CT molecular complexity index is 592. The highest BCUT2D eigenvalue weighted by atomic mass is 127. The first kappa shape index (κ1) is 16.0. The highest BCUT2D eigenvalue weighted by Crippen LogP contribution is 2.35. The van der Waals surface area contributed by atoms with E-state index in [2.05, 4.69) is 27.9 Å². The molecule has 2 N–H and O–H groups in total. The zero-order valence-electron chi connectivity index (χ0n) is 12.0. The molecule has 0 heterocycles. The minimum absolute atomic E-state index is 0.213. The molecule has 1 aliphatic rings. The number of halogens is 1. The van der Waals surface area contributed by atoms with E-state index in [1.54, 1.807) is 0 Å². The molecule has 0 fully saturated rings. The van der Waals surface area contributed by atoms with Gasteiger partial charge >= 0.3 is 5.97 Å². The first-order chi connectivity index (χ1) is 9.88. The number of anilines is 1. The molecule has 112 valence electrons. The van der Waals surface area contributed by atoms with Gasteiger partial charge in [-0.25, -0.2) is 0 Å². The number of carbonyl (C=O) groups is 2. The number of hydrogen-bond acceptors (Lipinski definition) is 2. The normalized spacial score (nSPS) is 22.0. The second-order valence-electron chi connectivity index (χ2n) is 5.52. The average molecular weight is 399 g/mol. The standard InChI is InChI=1S/C16H18INO3/c1-9-7-13(14(16(20)21)8-10(9)2)15(19)18-12-5-3-11(17)4-6-12/h3-6,13-14H,7-8H2,1-2H3,(H,18,19)(H,20,21)/t13-,14+/m0/s1. The van der Waals surface area contributed by atoms with Crippen molar-refractivity contribution in [2.24, 2.45) is 11.8 Å². The first-order valence-corrected chi connectivity index (χ1v) is 7.91. The van der Waals surface area contributed by atoms with Gasteiger partial charge in [0.05, 0.1) is 11.8 Å². The van der Waals surface area contributed by atoms with E-state index in [-0.39, 0.29) is 5.91 Å². The van der Waals surface area contributed by atoms with Crippen molar-refractivity contribution < 1.29 is 14.7 Å². The summed E-state index contributed by atoms with van der Waals surface area (Å²) in [4.78, 5) is 23.8. The zero-order chi connectivity index (χ0) is 15.6. The summed E-state index contributed by atoms with van der Waals surface area (Å²) in [5.41, 5.74) is 2.91. The number of carbonyl (C=O) groups excluding carboxylic acids is 1. The quantitative estimate of drug-likeness (QED) is 0.602. The van der Waals surface area contributed by atoms with Gasteiger partial charge in [-0.3, -0.25) is 9.59 Å². The molecule has 5 heteroatoms. The average Bonchev–Trinajstić information content (AvgIpc) is 2.43. The van der Waals surface area contributed by atoms with Crippen molar-refractivity contribution in [2.75, 3.05) is 5.32 Å². The number of benzene rings is 1. The van der Waals surface area contributed by atoms with E-state index >= 15 is 0 Å². The fourth-order valence-electron chi connectivity index (χ4n) is 2.60. The largest absolute Gasteiger partial charge is 0.481 e. The van der Waals surface area contributed by atoms with Crippen molar-refractivity contribution in [3.8, 4) is 0 Å². The molecule has 0 aliphatic heterocycles. The van der Waals surface area contributed by atoms with Gasteiger partial charge in [0.1, 0.15) is 0 Å². The summed E-state index contributed by atoms with van der Waals surface area (Å²) in [6.45, 7) is 3.91. The Morgan fingerprint density at radius 1 is 1.10 bits per heavy atom. The van der Waals surface area contributed by atoms with Gasteiger partial charge in [0.2, 0.25) is 5.91 Å². The third kappa shape index (κ3) is 3.84. The maximum atomic E-state index is 12.4. The van der Waals surface area contributed by atoms with Crippen LogP contribution in [0.3, 0.4) is 0 Å². The lowest BCUT2D eigenvalue weighted by Crippen LogP contribution is -2.36. The van der Waals surface area contributed by atoms with E-state index in [1.807, 2.05) is 38.1 Å². The fourth-order valence-corrected chi connectivity index (χ4v) is 2.96. The van der Waals surface area contributed by atoms with Crippen LogP contribution in [0.5, 0.6) is 0 Å². The summed E-state index contributed by atoms with van der Waals surface area (Å²) in [5.74, 6) is -2.26. The number of aliphatic carboxylic acids is 1. The van der Waals surface area contributed by atoms with Crippen LogP contribution >= 0.6 is 22.6 Å². The van der Waals surface area contributed by atoms with E-state index in [9.17, 15) is 14.7 Å². The molecule has 0 saturated heterocycles. The van der Waals surface area contributed by atoms with E-state index in [4.69, 9.17) is 0 Å². The molecule has 1 amide bonds. The van der Waals surface area contributed by atoms with Gasteiger partial charge in [-0.15, -0.1) is 0 Å². The molecule has 0 bridgehead atoms. The molecular weight excluding hydrogens is 381 g/mol. The summed E-state index contributed by atoms with van der Waals surface area (Å²) >= 11 is 2.19. The Balaban J connectivity index is 2.16. The second kappa shape index (κ2) is 6.60. The van der Waals surface area contributed by atoms with Gasteiger partial charge in [-0.1, -0.05) is 11.1 Å². The van der Waals surface area contributed by atoms with E-state index < -0.39 is 17.8 Å². The van der Waals surface area contributed by atoms with Gasteiger partial charge in [0, 0.05) is 9.26 Å². The van der Waals surface area contributed by atoms with Crippen molar-refractivity contribution in [2.45, 2.75) is 26.7 Å². The Morgan fingerprint density at radius 2 is 1.62 bits per heavy atom. The topological polar surface area (TPSA) is 66.4 Å². The van der Waals surface area contributed by atoms with Crippen LogP contribution in [0.25, 0.3) is 0 Å². The predicted molar refractivity (Wildman–Crippen MR) is 90.0 cm³/mol. The molecule has 2 atom stereocenters. The highest BCUT2D eigenvalue weighted by Gasteiger charge is 2.37. The lowest BCUT2D eigenvalue weighted by atomic mass is 9.76. The number of allylic oxidation sites excluding steroid dienone is 2. The van der Waals surface area contributed by atoms with Crippen molar-refractivity contribution in [3.05, 3.63) is 39.0 Å². The summed E-state index contributed by atoms with van der Waals surface area (Å²) in [6, 6.07) is 7.46.